The van der Waals surface area contributed by atoms with Gasteiger partial charge in [-0.3, -0.25) is 9.69 Å². The number of fused-ring (bicyclic) bond motifs is 1. The fraction of sp³-hybridized carbons (Fsp3) is 0.533. The van der Waals surface area contributed by atoms with E-state index in [0.29, 0.717) is 12.6 Å². The van der Waals surface area contributed by atoms with Crippen molar-refractivity contribution in [3.05, 3.63) is 29.3 Å². The van der Waals surface area contributed by atoms with E-state index in [-0.39, 0.29) is 5.91 Å². The van der Waals surface area contributed by atoms with Gasteiger partial charge in [0.05, 0.1) is 6.54 Å². The number of nitrogen functional groups attached to an aromatic ring is 1. The van der Waals surface area contributed by atoms with Gasteiger partial charge in [-0.2, -0.15) is 0 Å². The monoisotopic (exact) mass is 261 g/mol. The smallest absolute Gasteiger partial charge is 0.231 e. The molecule has 19 heavy (non-hydrogen) atoms. The van der Waals surface area contributed by atoms with Gasteiger partial charge in [-0.25, -0.2) is 0 Å². The molecule has 2 rings (SSSR count). The van der Waals surface area contributed by atoms with Crippen molar-refractivity contribution >= 4 is 11.6 Å². The molecule has 4 N–H and O–H groups in total. The summed E-state index contributed by atoms with van der Waals surface area (Å²) in [6.07, 6.45) is 4.30. The molecule has 1 aliphatic carbocycles. The predicted octanol–water partition coefficient (Wildman–Crippen LogP) is 1.84. The standard InChI is InChI=1S/C15H23N3O/c1-2-3-8-18(10-15(17)19)14-7-4-11-9-12(16)5-6-13(11)14/h5-6,9,14H,2-4,7-8,10,16H2,1H3,(H2,17,19). The molecule has 104 valence electrons. The highest BCUT2D eigenvalue weighted by molar-refractivity contribution is 5.76. The summed E-state index contributed by atoms with van der Waals surface area (Å²) in [6, 6.07) is 6.41. The van der Waals surface area contributed by atoms with E-state index in [1.54, 1.807) is 0 Å². The van der Waals surface area contributed by atoms with Crippen LogP contribution in [0.4, 0.5) is 5.69 Å². The summed E-state index contributed by atoms with van der Waals surface area (Å²) >= 11 is 0. The third-order valence-corrected chi connectivity index (χ3v) is 3.81. The molecule has 4 nitrogen and oxygen atoms in total. The van der Waals surface area contributed by atoms with Crippen LogP contribution in [0.25, 0.3) is 0 Å². The Kier molecular flexibility index (Phi) is 4.43. The lowest BCUT2D eigenvalue weighted by Crippen LogP contribution is -2.36. The van der Waals surface area contributed by atoms with Crippen molar-refractivity contribution in [3.63, 3.8) is 0 Å². The molecule has 4 heteroatoms. The second-order valence-electron chi connectivity index (χ2n) is 5.30. The highest BCUT2D eigenvalue weighted by Crippen LogP contribution is 2.36. The van der Waals surface area contributed by atoms with Gasteiger partial charge in [-0.05, 0) is 49.1 Å². The number of benzene rings is 1. The van der Waals surface area contributed by atoms with Crippen molar-refractivity contribution in [2.45, 2.75) is 38.6 Å². The number of anilines is 1. The summed E-state index contributed by atoms with van der Waals surface area (Å²) < 4.78 is 0. The molecule has 0 radical (unpaired) electrons. The van der Waals surface area contributed by atoms with Crippen LogP contribution >= 0.6 is 0 Å². The first-order valence-electron chi connectivity index (χ1n) is 7.02. The normalized spacial score (nSPS) is 17.7. The fourth-order valence-corrected chi connectivity index (χ4v) is 2.90. The molecule has 1 aromatic rings. The molecule has 0 aliphatic heterocycles. The number of hydrogen-bond acceptors (Lipinski definition) is 3. The number of rotatable bonds is 6. The van der Waals surface area contributed by atoms with Crippen molar-refractivity contribution in [1.29, 1.82) is 0 Å². The quantitative estimate of drug-likeness (QED) is 0.767. The lowest BCUT2D eigenvalue weighted by molar-refractivity contribution is -0.119. The van der Waals surface area contributed by atoms with Crippen molar-refractivity contribution in [2.24, 2.45) is 5.73 Å². The molecule has 1 aromatic carbocycles. The van der Waals surface area contributed by atoms with E-state index in [2.05, 4.69) is 24.0 Å². The second kappa shape index (κ2) is 6.06. The lowest BCUT2D eigenvalue weighted by atomic mass is 10.1. The highest BCUT2D eigenvalue weighted by atomic mass is 16.1. The number of amides is 1. The van der Waals surface area contributed by atoms with E-state index in [1.807, 2.05) is 6.07 Å². The molecular weight excluding hydrogens is 238 g/mol. The number of carbonyl (C=O) groups excluding carboxylic acids is 1. The molecule has 1 unspecified atom stereocenters. The van der Waals surface area contributed by atoms with Crippen LogP contribution in [0.5, 0.6) is 0 Å². The Morgan fingerprint density at radius 2 is 2.26 bits per heavy atom. The van der Waals surface area contributed by atoms with Gasteiger partial charge in [0.1, 0.15) is 0 Å². The maximum atomic E-state index is 11.3. The van der Waals surface area contributed by atoms with Crippen LogP contribution in [0.1, 0.15) is 43.4 Å². The van der Waals surface area contributed by atoms with Crippen LogP contribution in [0.2, 0.25) is 0 Å². The topological polar surface area (TPSA) is 72.3 Å². The third-order valence-electron chi connectivity index (χ3n) is 3.81. The van der Waals surface area contributed by atoms with Crippen molar-refractivity contribution in [2.75, 3.05) is 18.8 Å². The Labute approximate surface area is 114 Å². The first kappa shape index (κ1) is 13.9. The minimum absolute atomic E-state index is 0.250. The Morgan fingerprint density at radius 1 is 1.47 bits per heavy atom. The lowest BCUT2D eigenvalue weighted by Gasteiger charge is -2.28. The summed E-state index contributed by atoms with van der Waals surface area (Å²) in [7, 11) is 0. The largest absolute Gasteiger partial charge is 0.399 e. The molecule has 0 fully saturated rings. The number of nitrogens with two attached hydrogens (primary N) is 2. The maximum Gasteiger partial charge on any atom is 0.231 e. The van der Waals surface area contributed by atoms with Crippen LogP contribution < -0.4 is 11.5 Å². The van der Waals surface area contributed by atoms with Gasteiger partial charge in [0.2, 0.25) is 5.91 Å². The number of hydrogen-bond donors (Lipinski definition) is 2. The van der Waals surface area contributed by atoms with Crippen LogP contribution in [0.3, 0.4) is 0 Å². The second-order valence-corrected chi connectivity index (χ2v) is 5.30. The fourth-order valence-electron chi connectivity index (χ4n) is 2.90. The molecule has 0 saturated heterocycles. The molecule has 0 heterocycles. The van der Waals surface area contributed by atoms with Gasteiger partial charge in [-0.15, -0.1) is 0 Å². The minimum atomic E-state index is -0.250. The van der Waals surface area contributed by atoms with E-state index >= 15 is 0 Å². The molecule has 0 aromatic heterocycles. The van der Waals surface area contributed by atoms with Gasteiger partial charge < -0.3 is 11.5 Å². The number of aryl methyl sites for hydroxylation is 1. The molecule has 0 bridgehead atoms. The van der Waals surface area contributed by atoms with E-state index in [9.17, 15) is 4.79 Å². The summed E-state index contributed by atoms with van der Waals surface area (Å²) in [5, 5.41) is 0. The Balaban J connectivity index is 2.17. The Bertz CT molecular complexity index is 459. The van der Waals surface area contributed by atoms with Gasteiger partial charge in [0.25, 0.3) is 0 Å². The zero-order valence-electron chi connectivity index (χ0n) is 11.6. The Morgan fingerprint density at radius 3 is 2.95 bits per heavy atom. The molecule has 0 spiro atoms. The predicted molar refractivity (Wildman–Crippen MR) is 77.6 cm³/mol. The maximum absolute atomic E-state index is 11.3. The highest BCUT2D eigenvalue weighted by Gasteiger charge is 2.28. The molecule has 1 aliphatic rings. The first-order chi connectivity index (χ1) is 9.11. The van der Waals surface area contributed by atoms with Crippen LogP contribution in [0, 0.1) is 0 Å². The van der Waals surface area contributed by atoms with Gasteiger partial charge in [-0.1, -0.05) is 19.4 Å². The molecule has 1 atom stereocenters. The van der Waals surface area contributed by atoms with Crippen LogP contribution in [-0.4, -0.2) is 23.9 Å². The zero-order chi connectivity index (χ0) is 13.8. The first-order valence-corrected chi connectivity index (χ1v) is 7.02. The average molecular weight is 261 g/mol. The summed E-state index contributed by atoms with van der Waals surface area (Å²) in [4.78, 5) is 13.5. The van der Waals surface area contributed by atoms with Crippen molar-refractivity contribution < 1.29 is 4.79 Å². The molecule has 1 amide bonds. The summed E-state index contributed by atoms with van der Waals surface area (Å²) in [5.41, 5.74) is 14.6. The molecule has 0 saturated carbocycles. The van der Waals surface area contributed by atoms with Gasteiger partial charge in [0, 0.05) is 11.7 Å². The van der Waals surface area contributed by atoms with Crippen molar-refractivity contribution in [1.82, 2.24) is 4.90 Å². The van der Waals surface area contributed by atoms with Gasteiger partial charge in [0.15, 0.2) is 0 Å². The molecular formula is C15H23N3O. The average Bonchev–Trinajstić information content (AvgIpc) is 2.76. The minimum Gasteiger partial charge on any atom is -0.399 e. The van der Waals surface area contributed by atoms with Gasteiger partial charge >= 0.3 is 0 Å². The SMILES string of the molecule is CCCCN(CC(N)=O)C1CCc2cc(N)ccc21. The number of unbranched alkanes of at least 4 members (excludes halogenated alkanes) is 1. The Hall–Kier alpha value is -1.55. The van der Waals surface area contributed by atoms with E-state index < -0.39 is 0 Å². The number of nitrogens with zero attached hydrogens (tertiary/aromatic N) is 1. The summed E-state index contributed by atoms with van der Waals surface area (Å²) in [6.45, 7) is 3.42. The van der Waals surface area contributed by atoms with Crippen LogP contribution in [-0.2, 0) is 11.2 Å². The number of carbonyl (C=O) groups is 1. The summed E-state index contributed by atoms with van der Waals surface area (Å²) in [5.74, 6) is -0.250. The van der Waals surface area contributed by atoms with E-state index in [4.69, 9.17) is 11.5 Å². The van der Waals surface area contributed by atoms with E-state index in [0.717, 1.165) is 37.9 Å². The van der Waals surface area contributed by atoms with Crippen molar-refractivity contribution in [3.8, 4) is 0 Å². The zero-order valence-corrected chi connectivity index (χ0v) is 11.6. The number of primary amides is 1. The third kappa shape index (κ3) is 3.26. The van der Waals surface area contributed by atoms with E-state index in [1.165, 1.54) is 11.1 Å². The van der Waals surface area contributed by atoms with Crippen LogP contribution in [0.15, 0.2) is 18.2 Å².